The molecule has 22 heavy (non-hydrogen) atoms. The number of sulfonamides is 2. The second-order valence-corrected chi connectivity index (χ2v) is 9.12. The third-order valence-corrected chi connectivity index (χ3v) is 6.61. The molecule has 0 aromatic carbocycles. The summed E-state index contributed by atoms with van der Waals surface area (Å²) in [5.41, 5.74) is 0. The van der Waals surface area contributed by atoms with E-state index in [2.05, 4.69) is 25.7 Å². The number of nitrogens with two attached hydrogens (primary N) is 1. The maximum atomic E-state index is 12.0. The van der Waals surface area contributed by atoms with Crippen molar-refractivity contribution in [1.29, 1.82) is 0 Å². The van der Waals surface area contributed by atoms with Crippen molar-refractivity contribution < 1.29 is 21.6 Å². The molecule has 4 N–H and O–H groups in total. The van der Waals surface area contributed by atoms with Crippen LogP contribution < -0.4 is 15.2 Å². The second kappa shape index (κ2) is 5.80. The summed E-state index contributed by atoms with van der Waals surface area (Å²) in [5, 5.41) is 20.3. The van der Waals surface area contributed by atoms with Gasteiger partial charge in [-0.1, -0.05) is 22.7 Å². The van der Waals surface area contributed by atoms with Gasteiger partial charge in [0.2, 0.25) is 20.5 Å². The van der Waals surface area contributed by atoms with E-state index in [1.54, 1.807) is 0 Å². The zero-order valence-electron chi connectivity index (χ0n) is 10.5. The Bertz CT molecular complexity index is 913. The Morgan fingerprint density at radius 3 is 2.09 bits per heavy atom. The topological polar surface area (TPSA) is 187 Å². The molecule has 0 aliphatic carbocycles. The molecule has 2 aromatic heterocycles. The maximum absolute atomic E-state index is 12.0. The van der Waals surface area contributed by atoms with Gasteiger partial charge in [0.05, 0.1) is 0 Å². The number of carbonyl (C=O) groups is 1. The van der Waals surface area contributed by atoms with Crippen LogP contribution in [-0.2, 0) is 24.8 Å². The highest BCUT2D eigenvalue weighted by molar-refractivity contribution is 7.95. The zero-order valence-corrected chi connectivity index (χ0v) is 13.8. The van der Waals surface area contributed by atoms with Gasteiger partial charge in [0.15, 0.2) is 0 Å². The smallest absolute Gasteiger partial charge is 0.293 e. The first kappa shape index (κ1) is 16.6. The molecule has 0 aliphatic heterocycles. The van der Waals surface area contributed by atoms with E-state index in [1.807, 2.05) is 4.72 Å². The van der Waals surface area contributed by atoms with Crippen LogP contribution in [0.25, 0.3) is 0 Å². The van der Waals surface area contributed by atoms with E-state index in [0.29, 0.717) is 22.7 Å². The molecular formula is C6H7N7O5S4. The maximum Gasteiger partial charge on any atom is 0.293 e. The van der Waals surface area contributed by atoms with Crippen molar-refractivity contribution in [1.82, 2.24) is 20.4 Å². The molecule has 0 unspecified atom stereocenters. The van der Waals surface area contributed by atoms with Crippen LogP contribution in [0.1, 0.15) is 6.92 Å². The first-order chi connectivity index (χ1) is 10.1. The minimum absolute atomic E-state index is 0.00429. The molecule has 120 valence electrons. The average Bonchev–Trinajstić information content (AvgIpc) is 2.96. The minimum atomic E-state index is -4.14. The number of anilines is 2. The Balaban J connectivity index is 2.22. The van der Waals surface area contributed by atoms with E-state index >= 15 is 0 Å². The molecule has 0 radical (unpaired) electrons. The van der Waals surface area contributed by atoms with Crippen molar-refractivity contribution in [3.8, 4) is 0 Å². The van der Waals surface area contributed by atoms with E-state index in [9.17, 15) is 21.6 Å². The molecule has 2 aromatic rings. The van der Waals surface area contributed by atoms with Gasteiger partial charge < -0.3 is 5.32 Å². The third-order valence-electron chi connectivity index (χ3n) is 1.79. The van der Waals surface area contributed by atoms with Crippen LogP contribution in [0, 0.1) is 0 Å². The van der Waals surface area contributed by atoms with Gasteiger partial charge in [-0.2, -0.15) is 8.42 Å². The highest BCUT2D eigenvalue weighted by Crippen LogP contribution is 2.25. The molecular weight excluding hydrogens is 378 g/mol. The molecule has 1 amide bonds. The van der Waals surface area contributed by atoms with E-state index in [-0.39, 0.29) is 10.3 Å². The molecule has 0 saturated heterocycles. The van der Waals surface area contributed by atoms with Crippen molar-refractivity contribution in [2.45, 2.75) is 15.6 Å². The zero-order chi connectivity index (χ0) is 16.5. The van der Waals surface area contributed by atoms with Gasteiger partial charge in [0.1, 0.15) is 0 Å². The molecule has 2 rings (SSSR count). The minimum Gasteiger partial charge on any atom is -0.301 e. The lowest BCUT2D eigenvalue weighted by atomic mass is 10.7. The van der Waals surface area contributed by atoms with E-state index in [1.165, 1.54) is 6.92 Å². The van der Waals surface area contributed by atoms with E-state index < -0.39 is 34.6 Å². The van der Waals surface area contributed by atoms with E-state index in [0.717, 1.165) is 0 Å². The lowest BCUT2D eigenvalue weighted by Crippen LogP contribution is -2.12. The molecule has 2 heterocycles. The Labute approximate surface area is 131 Å². The molecule has 16 heteroatoms. The molecule has 0 bridgehead atoms. The van der Waals surface area contributed by atoms with Crippen LogP contribution in [0.3, 0.4) is 0 Å². The summed E-state index contributed by atoms with van der Waals surface area (Å²) in [6, 6.07) is 0. The summed E-state index contributed by atoms with van der Waals surface area (Å²) in [5.74, 6) is -0.435. The van der Waals surface area contributed by atoms with Gasteiger partial charge in [-0.3, -0.25) is 9.52 Å². The Morgan fingerprint density at radius 2 is 1.55 bits per heavy atom. The summed E-state index contributed by atoms with van der Waals surface area (Å²) >= 11 is 1.05. The fourth-order valence-corrected chi connectivity index (χ4v) is 4.56. The summed E-state index contributed by atoms with van der Waals surface area (Å²) < 4.78 is 47.1. The first-order valence-electron chi connectivity index (χ1n) is 5.08. The average molecular weight is 385 g/mol. The standard InChI is InChI=1S/C6H7N7O5S4/c1-2(14)8-3-9-12-6(19-3)22(17,18)13-4-10-11-5(20-4)21(7,15)16/h1H3,(H,10,13)(H2,7,15,16)(H,8,9,14). The highest BCUT2D eigenvalue weighted by atomic mass is 32.3. The number of nitrogens with zero attached hydrogens (tertiary/aromatic N) is 4. The fourth-order valence-electron chi connectivity index (χ4n) is 1.04. The Morgan fingerprint density at radius 1 is 1.00 bits per heavy atom. The lowest BCUT2D eigenvalue weighted by molar-refractivity contribution is -0.114. The lowest BCUT2D eigenvalue weighted by Gasteiger charge is -1.98. The number of amides is 1. The second-order valence-electron chi connectivity index (χ2n) is 3.58. The quantitative estimate of drug-likeness (QED) is 0.531. The first-order valence-corrected chi connectivity index (χ1v) is 9.74. The highest BCUT2D eigenvalue weighted by Gasteiger charge is 2.24. The summed E-state index contributed by atoms with van der Waals surface area (Å²) in [6.07, 6.45) is 0. The summed E-state index contributed by atoms with van der Waals surface area (Å²) in [7, 11) is -8.22. The van der Waals surface area contributed by atoms with Gasteiger partial charge in [0, 0.05) is 6.92 Å². The monoisotopic (exact) mass is 385 g/mol. The number of primary sulfonamides is 1. The number of hydrogen-bond acceptors (Lipinski definition) is 11. The van der Waals surface area contributed by atoms with Gasteiger partial charge in [-0.15, -0.1) is 20.4 Å². The fraction of sp³-hybridized carbons (Fsp3) is 0.167. The number of rotatable bonds is 5. The van der Waals surface area contributed by atoms with Crippen molar-refractivity contribution in [3.05, 3.63) is 0 Å². The molecule has 0 spiro atoms. The molecule has 0 aliphatic rings. The van der Waals surface area contributed by atoms with Crippen molar-refractivity contribution in [2.24, 2.45) is 5.14 Å². The van der Waals surface area contributed by atoms with Gasteiger partial charge in [-0.25, -0.2) is 13.6 Å². The SMILES string of the molecule is CC(=O)Nc1nnc(S(=O)(=O)Nc2nnc(S(N)(=O)=O)s2)s1. The van der Waals surface area contributed by atoms with E-state index in [4.69, 9.17) is 5.14 Å². The van der Waals surface area contributed by atoms with Crippen LogP contribution in [0.4, 0.5) is 10.3 Å². The largest absolute Gasteiger partial charge is 0.301 e. The van der Waals surface area contributed by atoms with Crippen LogP contribution >= 0.6 is 22.7 Å². The van der Waals surface area contributed by atoms with Crippen LogP contribution in [0.15, 0.2) is 8.68 Å². The number of hydrogen-bond donors (Lipinski definition) is 3. The van der Waals surface area contributed by atoms with Crippen molar-refractivity contribution in [2.75, 3.05) is 10.0 Å². The van der Waals surface area contributed by atoms with Gasteiger partial charge in [-0.05, 0) is 0 Å². The third kappa shape index (κ3) is 3.91. The van der Waals surface area contributed by atoms with Crippen molar-refractivity contribution in [3.63, 3.8) is 0 Å². The predicted octanol–water partition coefficient (Wildman–Crippen LogP) is -1.20. The Hall–Kier alpha value is -1.75. The van der Waals surface area contributed by atoms with Gasteiger partial charge >= 0.3 is 0 Å². The summed E-state index contributed by atoms with van der Waals surface area (Å²) in [6.45, 7) is 1.23. The molecule has 0 fully saturated rings. The number of nitrogens with one attached hydrogen (secondary N) is 2. The number of aromatic nitrogens is 4. The molecule has 12 nitrogen and oxygen atoms in total. The predicted molar refractivity (Wildman–Crippen MR) is 76.3 cm³/mol. The van der Waals surface area contributed by atoms with Crippen LogP contribution in [0.5, 0.6) is 0 Å². The van der Waals surface area contributed by atoms with Crippen LogP contribution in [0.2, 0.25) is 0 Å². The molecule has 0 saturated carbocycles. The molecule has 0 atom stereocenters. The normalized spacial score (nSPS) is 12.1. The van der Waals surface area contributed by atoms with Crippen LogP contribution in [-0.4, -0.2) is 43.1 Å². The number of carbonyl (C=O) groups excluding carboxylic acids is 1. The van der Waals surface area contributed by atoms with Crippen molar-refractivity contribution >= 4 is 58.9 Å². The van der Waals surface area contributed by atoms with Gasteiger partial charge in [0.25, 0.3) is 24.4 Å². The summed E-state index contributed by atoms with van der Waals surface area (Å²) in [4.78, 5) is 10.8. The Kier molecular flexibility index (Phi) is 4.38.